The normalized spacial score (nSPS) is 12.6. The topological polar surface area (TPSA) is 3.24 Å². The largest absolute Gasteiger partial charge is 0.381 e. The van der Waals surface area contributed by atoms with Gasteiger partial charge < -0.3 is 4.90 Å². The van der Waals surface area contributed by atoms with Gasteiger partial charge in [0.25, 0.3) is 0 Å². The summed E-state index contributed by atoms with van der Waals surface area (Å²) in [7, 11) is 4.09. The van der Waals surface area contributed by atoms with Crippen molar-refractivity contribution in [3.63, 3.8) is 0 Å². The van der Waals surface area contributed by atoms with Crippen LogP contribution in [0.15, 0.2) is 23.9 Å². The van der Waals surface area contributed by atoms with Gasteiger partial charge in [-0.25, -0.2) is 0 Å². The Hall–Kier alpha value is -0.720. The van der Waals surface area contributed by atoms with Gasteiger partial charge in [0.2, 0.25) is 0 Å². The fourth-order valence-corrected chi connectivity index (χ4v) is 0.492. The predicted molar refractivity (Wildman–Crippen MR) is 46.9 cm³/mol. The molecule has 0 radical (unpaired) electrons. The summed E-state index contributed by atoms with van der Waals surface area (Å²) in [6.07, 6.45) is 7.46. The van der Waals surface area contributed by atoms with Crippen molar-refractivity contribution in [2.24, 2.45) is 0 Å². The second-order valence-corrected chi connectivity index (χ2v) is 2.54. The smallest absolute Gasteiger partial charge is 0.00957 e. The van der Waals surface area contributed by atoms with E-state index in [1.54, 1.807) is 0 Å². The second kappa shape index (κ2) is 5.10. The molecule has 0 aliphatic heterocycles. The first-order valence-corrected chi connectivity index (χ1v) is 3.69. The molecule has 0 atom stereocenters. The molecule has 0 saturated carbocycles. The van der Waals surface area contributed by atoms with E-state index in [-0.39, 0.29) is 0 Å². The average Bonchev–Trinajstić information content (AvgIpc) is 1.88. The minimum atomic E-state index is 1.11. The van der Waals surface area contributed by atoms with E-state index in [0.29, 0.717) is 0 Å². The van der Waals surface area contributed by atoms with Gasteiger partial charge in [-0.15, -0.1) is 0 Å². The minimum absolute atomic E-state index is 1.11. The van der Waals surface area contributed by atoms with Crippen LogP contribution >= 0.6 is 0 Å². The van der Waals surface area contributed by atoms with Crippen molar-refractivity contribution in [1.29, 1.82) is 0 Å². The fourth-order valence-electron chi connectivity index (χ4n) is 0.492. The zero-order valence-electron chi connectivity index (χ0n) is 7.39. The zero-order valence-corrected chi connectivity index (χ0v) is 7.39. The van der Waals surface area contributed by atoms with E-state index in [2.05, 4.69) is 37.0 Å². The molecule has 58 valence electrons. The number of hydrogen-bond donors (Lipinski definition) is 0. The number of hydrogen-bond acceptors (Lipinski definition) is 1. The third-order valence-electron chi connectivity index (χ3n) is 1.41. The average molecular weight is 139 g/mol. The van der Waals surface area contributed by atoms with Gasteiger partial charge in [-0.2, -0.15) is 0 Å². The van der Waals surface area contributed by atoms with Crippen molar-refractivity contribution >= 4 is 0 Å². The lowest BCUT2D eigenvalue weighted by Crippen LogP contribution is -2.07. The maximum absolute atomic E-state index is 2.15. The van der Waals surface area contributed by atoms with Crippen LogP contribution in [0.2, 0.25) is 0 Å². The maximum atomic E-state index is 2.15. The Kier molecular flexibility index (Phi) is 4.73. The summed E-state index contributed by atoms with van der Waals surface area (Å²) in [6, 6.07) is 0. The quantitative estimate of drug-likeness (QED) is 0.543. The Balaban J connectivity index is 3.79. The molecule has 10 heavy (non-hydrogen) atoms. The van der Waals surface area contributed by atoms with Gasteiger partial charge in [0.15, 0.2) is 0 Å². The monoisotopic (exact) mass is 139 g/mol. The van der Waals surface area contributed by atoms with Gasteiger partial charge in [0, 0.05) is 19.8 Å². The van der Waals surface area contributed by atoms with E-state index in [9.17, 15) is 0 Å². The highest BCUT2D eigenvalue weighted by molar-refractivity contribution is 5.08. The summed E-state index contributed by atoms with van der Waals surface area (Å²) in [5.41, 5.74) is 1.28. The Morgan fingerprint density at radius 3 is 2.40 bits per heavy atom. The van der Waals surface area contributed by atoms with E-state index in [1.807, 2.05) is 14.1 Å². The van der Waals surface area contributed by atoms with Crippen LogP contribution in [0.5, 0.6) is 0 Å². The van der Waals surface area contributed by atoms with Crippen molar-refractivity contribution in [1.82, 2.24) is 4.90 Å². The van der Waals surface area contributed by atoms with Crippen LogP contribution < -0.4 is 0 Å². The number of allylic oxidation sites excluding steroid dienone is 4. The van der Waals surface area contributed by atoms with Crippen molar-refractivity contribution in [3.8, 4) is 0 Å². The summed E-state index contributed by atoms with van der Waals surface area (Å²) in [5, 5.41) is 0. The molecule has 0 rings (SSSR count). The fraction of sp³-hybridized carbons (Fsp3) is 0.556. The molecule has 0 bridgehead atoms. The third kappa shape index (κ3) is 4.19. The molecule has 0 aromatic rings. The van der Waals surface area contributed by atoms with Crippen LogP contribution in [0.3, 0.4) is 0 Å². The van der Waals surface area contributed by atoms with Crippen LogP contribution in [-0.2, 0) is 0 Å². The second-order valence-electron chi connectivity index (χ2n) is 2.54. The summed E-state index contributed by atoms with van der Waals surface area (Å²) < 4.78 is 0. The Morgan fingerprint density at radius 2 is 2.00 bits per heavy atom. The molecule has 0 fully saturated rings. The van der Waals surface area contributed by atoms with Crippen molar-refractivity contribution < 1.29 is 0 Å². The van der Waals surface area contributed by atoms with Crippen molar-refractivity contribution in [2.75, 3.05) is 14.1 Å². The van der Waals surface area contributed by atoms with Gasteiger partial charge >= 0.3 is 0 Å². The first-order valence-electron chi connectivity index (χ1n) is 3.69. The highest BCUT2D eigenvalue weighted by Gasteiger charge is 1.85. The molecule has 0 N–H and O–H groups in total. The van der Waals surface area contributed by atoms with Gasteiger partial charge in [-0.3, -0.25) is 0 Å². The predicted octanol–water partition coefficient (Wildman–Crippen LogP) is 2.42. The van der Waals surface area contributed by atoms with Crippen LogP contribution in [-0.4, -0.2) is 19.0 Å². The van der Waals surface area contributed by atoms with E-state index < -0.39 is 0 Å². The summed E-state index contributed by atoms with van der Waals surface area (Å²) in [5.74, 6) is 0. The highest BCUT2D eigenvalue weighted by Crippen LogP contribution is 1.95. The van der Waals surface area contributed by atoms with Crippen LogP contribution in [0.4, 0.5) is 0 Å². The molecule has 1 nitrogen and oxygen atoms in total. The first-order chi connectivity index (χ1) is 4.68. The Morgan fingerprint density at radius 1 is 1.40 bits per heavy atom. The van der Waals surface area contributed by atoms with Gasteiger partial charge in [0.1, 0.15) is 0 Å². The van der Waals surface area contributed by atoms with Crippen molar-refractivity contribution in [2.45, 2.75) is 20.3 Å². The molecule has 0 amide bonds. The van der Waals surface area contributed by atoms with Gasteiger partial charge in [0.05, 0.1) is 0 Å². The number of rotatable bonds is 3. The first kappa shape index (κ1) is 9.28. The summed E-state index contributed by atoms with van der Waals surface area (Å²) >= 11 is 0. The molecule has 0 unspecified atom stereocenters. The van der Waals surface area contributed by atoms with Crippen molar-refractivity contribution in [3.05, 3.63) is 23.9 Å². The molecular weight excluding hydrogens is 122 g/mol. The summed E-state index contributed by atoms with van der Waals surface area (Å²) in [4.78, 5) is 2.10. The van der Waals surface area contributed by atoms with E-state index in [1.165, 1.54) is 5.70 Å². The molecule has 0 aromatic heterocycles. The van der Waals surface area contributed by atoms with Crippen LogP contribution in [0, 0.1) is 0 Å². The minimum Gasteiger partial charge on any atom is -0.381 e. The molecule has 1 heteroatoms. The highest BCUT2D eigenvalue weighted by atomic mass is 15.1. The zero-order chi connectivity index (χ0) is 7.98. The lowest BCUT2D eigenvalue weighted by Gasteiger charge is -2.10. The lowest BCUT2D eigenvalue weighted by atomic mass is 10.3. The summed E-state index contributed by atoms with van der Waals surface area (Å²) in [6.45, 7) is 4.23. The van der Waals surface area contributed by atoms with E-state index in [4.69, 9.17) is 0 Å². The SMILES string of the molecule is CC/C=C\C=C(/C)N(C)C. The van der Waals surface area contributed by atoms with Crippen LogP contribution in [0.1, 0.15) is 20.3 Å². The molecule has 0 aliphatic carbocycles. The molecule has 0 aliphatic rings. The standard InChI is InChI=1S/C9H17N/c1-5-6-7-8-9(2)10(3)4/h6-8H,5H2,1-4H3/b7-6-,9-8+. The van der Waals surface area contributed by atoms with Gasteiger partial charge in [-0.05, 0) is 19.4 Å². The molecular formula is C9H17N. The number of nitrogens with zero attached hydrogens (tertiary/aromatic N) is 1. The molecule has 0 spiro atoms. The lowest BCUT2D eigenvalue weighted by molar-refractivity contribution is 0.514. The van der Waals surface area contributed by atoms with Crippen LogP contribution in [0.25, 0.3) is 0 Å². The Labute approximate surface area is 64.0 Å². The van der Waals surface area contributed by atoms with E-state index >= 15 is 0 Å². The molecule has 0 saturated heterocycles. The third-order valence-corrected chi connectivity index (χ3v) is 1.41. The van der Waals surface area contributed by atoms with E-state index in [0.717, 1.165) is 6.42 Å². The Bertz CT molecular complexity index is 132. The van der Waals surface area contributed by atoms with Gasteiger partial charge in [-0.1, -0.05) is 19.1 Å². The molecule has 0 heterocycles. The molecule has 0 aromatic carbocycles. The maximum Gasteiger partial charge on any atom is 0.00957 e.